The molecular weight excluding hydrogens is 316 g/mol. The standard InChI is InChI=1S/C18H17ClO4/c1-12(2)11-22-17(20)13-6-8-14(9-7-13)18(21)23-16-5-3-4-15(19)10-16/h3-10,12H,11H2,1-2H3. The lowest BCUT2D eigenvalue weighted by atomic mass is 10.1. The Morgan fingerprint density at radius 1 is 1.00 bits per heavy atom. The van der Waals surface area contributed by atoms with Crippen LogP contribution in [0.5, 0.6) is 5.75 Å². The Morgan fingerprint density at radius 2 is 1.61 bits per heavy atom. The Morgan fingerprint density at radius 3 is 2.17 bits per heavy atom. The number of esters is 2. The monoisotopic (exact) mass is 332 g/mol. The quantitative estimate of drug-likeness (QED) is 0.602. The maximum absolute atomic E-state index is 12.0. The van der Waals surface area contributed by atoms with Crippen LogP contribution >= 0.6 is 11.6 Å². The molecule has 0 saturated heterocycles. The molecule has 4 nitrogen and oxygen atoms in total. The second-order valence-corrected chi connectivity index (χ2v) is 5.85. The van der Waals surface area contributed by atoms with Crippen molar-refractivity contribution in [1.82, 2.24) is 0 Å². The third kappa shape index (κ3) is 5.11. The van der Waals surface area contributed by atoms with Gasteiger partial charge in [0.25, 0.3) is 0 Å². The SMILES string of the molecule is CC(C)COC(=O)c1ccc(C(=O)Oc2cccc(Cl)c2)cc1. The first-order valence-corrected chi connectivity index (χ1v) is 7.58. The highest BCUT2D eigenvalue weighted by Crippen LogP contribution is 2.18. The van der Waals surface area contributed by atoms with Gasteiger partial charge in [-0.05, 0) is 48.4 Å². The van der Waals surface area contributed by atoms with Gasteiger partial charge in [-0.25, -0.2) is 9.59 Å². The molecule has 0 aliphatic heterocycles. The summed E-state index contributed by atoms with van der Waals surface area (Å²) in [4.78, 5) is 23.8. The summed E-state index contributed by atoms with van der Waals surface area (Å²) in [5, 5.41) is 0.485. The van der Waals surface area contributed by atoms with Crippen molar-refractivity contribution >= 4 is 23.5 Å². The number of hydrogen-bond acceptors (Lipinski definition) is 4. The molecule has 0 bridgehead atoms. The predicted molar refractivity (Wildman–Crippen MR) is 88.0 cm³/mol. The number of rotatable bonds is 5. The van der Waals surface area contributed by atoms with E-state index in [2.05, 4.69) is 0 Å². The van der Waals surface area contributed by atoms with E-state index in [4.69, 9.17) is 21.1 Å². The molecule has 5 heteroatoms. The summed E-state index contributed by atoms with van der Waals surface area (Å²) in [6.07, 6.45) is 0. The van der Waals surface area contributed by atoms with Crippen LogP contribution in [0.25, 0.3) is 0 Å². The van der Waals surface area contributed by atoms with E-state index in [0.29, 0.717) is 28.5 Å². The van der Waals surface area contributed by atoms with E-state index >= 15 is 0 Å². The summed E-state index contributed by atoms with van der Waals surface area (Å²) in [5.74, 6) is -0.295. The molecule has 0 saturated carbocycles. The van der Waals surface area contributed by atoms with Gasteiger partial charge in [-0.15, -0.1) is 0 Å². The van der Waals surface area contributed by atoms with Crippen molar-refractivity contribution in [2.75, 3.05) is 6.61 Å². The number of halogens is 1. The number of benzene rings is 2. The molecular formula is C18H17ClO4. The van der Waals surface area contributed by atoms with Gasteiger partial charge >= 0.3 is 11.9 Å². The number of hydrogen-bond donors (Lipinski definition) is 0. The Kier molecular flexibility index (Phi) is 5.77. The maximum Gasteiger partial charge on any atom is 0.343 e. The fraction of sp³-hybridized carbons (Fsp3) is 0.222. The third-order valence-corrected chi connectivity index (χ3v) is 3.15. The summed E-state index contributed by atoms with van der Waals surface area (Å²) >= 11 is 5.84. The van der Waals surface area contributed by atoms with Gasteiger partial charge < -0.3 is 9.47 Å². The second kappa shape index (κ2) is 7.79. The third-order valence-electron chi connectivity index (χ3n) is 2.91. The largest absolute Gasteiger partial charge is 0.462 e. The number of carbonyl (C=O) groups excluding carboxylic acids is 2. The fourth-order valence-electron chi connectivity index (χ4n) is 1.76. The average molecular weight is 333 g/mol. The van der Waals surface area contributed by atoms with Gasteiger partial charge in [-0.3, -0.25) is 0 Å². The van der Waals surface area contributed by atoms with E-state index in [1.165, 1.54) is 24.3 Å². The van der Waals surface area contributed by atoms with Crippen LogP contribution in [-0.4, -0.2) is 18.5 Å². The predicted octanol–water partition coefficient (Wildman–Crippen LogP) is 4.37. The van der Waals surface area contributed by atoms with Crippen molar-refractivity contribution in [3.8, 4) is 5.75 Å². The topological polar surface area (TPSA) is 52.6 Å². The van der Waals surface area contributed by atoms with Crippen molar-refractivity contribution in [2.45, 2.75) is 13.8 Å². The summed E-state index contributed by atoms with van der Waals surface area (Å²) in [5.41, 5.74) is 0.732. The Labute approximate surface area is 140 Å². The van der Waals surface area contributed by atoms with E-state index in [-0.39, 0.29) is 5.92 Å². The zero-order valence-electron chi connectivity index (χ0n) is 12.9. The van der Waals surface area contributed by atoms with Crippen LogP contribution in [0, 0.1) is 5.92 Å². The smallest absolute Gasteiger partial charge is 0.343 e. The van der Waals surface area contributed by atoms with Crippen molar-refractivity contribution in [1.29, 1.82) is 0 Å². The van der Waals surface area contributed by atoms with E-state index in [1.807, 2.05) is 13.8 Å². The maximum atomic E-state index is 12.0. The normalized spacial score (nSPS) is 10.4. The molecule has 2 aromatic carbocycles. The highest BCUT2D eigenvalue weighted by Gasteiger charge is 2.12. The zero-order chi connectivity index (χ0) is 16.8. The van der Waals surface area contributed by atoms with E-state index in [9.17, 15) is 9.59 Å². The molecule has 0 amide bonds. The first kappa shape index (κ1) is 17.0. The van der Waals surface area contributed by atoms with Gasteiger partial charge in [0.05, 0.1) is 17.7 Å². The van der Waals surface area contributed by atoms with Crippen LogP contribution in [-0.2, 0) is 4.74 Å². The summed E-state index contributed by atoms with van der Waals surface area (Å²) in [6, 6.07) is 12.7. The van der Waals surface area contributed by atoms with Gasteiger partial charge in [0.15, 0.2) is 0 Å². The Bertz CT molecular complexity index is 692. The van der Waals surface area contributed by atoms with Crippen molar-refractivity contribution < 1.29 is 19.1 Å². The molecule has 0 fully saturated rings. The molecule has 0 heterocycles. The summed E-state index contributed by atoms with van der Waals surface area (Å²) in [7, 11) is 0. The second-order valence-electron chi connectivity index (χ2n) is 5.42. The van der Waals surface area contributed by atoms with Crippen LogP contribution in [0.15, 0.2) is 48.5 Å². The first-order chi connectivity index (χ1) is 11.0. The van der Waals surface area contributed by atoms with E-state index in [0.717, 1.165) is 0 Å². The van der Waals surface area contributed by atoms with Gasteiger partial charge in [0, 0.05) is 5.02 Å². The minimum absolute atomic E-state index is 0.269. The number of carbonyl (C=O) groups is 2. The summed E-state index contributed by atoms with van der Waals surface area (Å²) in [6.45, 7) is 4.28. The van der Waals surface area contributed by atoms with Gasteiger partial charge in [-0.1, -0.05) is 31.5 Å². The van der Waals surface area contributed by atoms with Gasteiger partial charge in [-0.2, -0.15) is 0 Å². The highest BCUT2D eigenvalue weighted by molar-refractivity contribution is 6.30. The molecule has 0 N–H and O–H groups in total. The zero-order valence-corrected chi connectivity index (χ0v) is 13.7. The molecule has 0 atom stereocenters. The van der Waals surface area contributed by atoms with Crippen molar-refractivity contribution in [2.24, 2.45) is 5.92 Å². The minimum atomic E-state index is -0.519. The first-order valence-electron chi connectivity index (χ1n) is 7.20. The average Bonchev–Trinajstić information content (AvgIpc) is 2.52. The molecule has 120 valence electrons. The molecule has 0 spiro atoms. The van der Waals surface area contributed by atoms with Crippen LogP contribution in [0.1, 0.15) is 34.6 Å². The van der Waals surface area contributed by atoms with Crippen LogP contribution < -0.4 is 4.74 Å². The minimum Gasteiger partial charge on any atom is -0.462 e. The molecule has 0 unspecified atom stereocenters. The fourth-order valence-corrected chi connectivity index (χ4v) is 1.94. The van der Waals surface area contributed by atoms with Crippen LogP contribution in [0.2, 0.25) is 5.02 Å². The Balaban J connectivity index is 2.01. The molecule has 2 aromatic rings. The molecule has 0 aliphatic rings. The lowest BCUT2D eigenvalue weighted by Gasteiger charge is -2.08. The Hall–Kier alpha value is -2.33. The van der Waals surface area contributed by atoms with Gasteiger partial charge in [0.1, 0.15) is 5.75 Å². The molecule has 0 aliphatic carbocycles. The summed E-state index contributed by atoms with van der Waals surface area (Å²) < 4.78 is 10.3. The molecule has 2 rings (SSSR count). The van der Waals surface area contributed by atoms with Crippen molar-refractivity contribution in [3.63, 3.8) is 0 Å². The lowest BCUT2D eigenvalue weighted by molar-refractivity contribution is 0.0458. The van der Waals surface area contributed by atoms with Crippen LogP contribution in [0.3, 0.4) is 0 Å². The molecule has 0 aromatic heterocycles. The van der Waals surface area contributed by atoms with E-state index < -0.39 is 11.9 Å². The van der Waals surface area contributed by atoms with Crippen molar-refractivity contribution in [3.05, 3.63) is 64.7 Å². The van der Waals surface area contributed by atoms with Crippen LogP contribution in [0.4, 0.5) is 0 Å². The molecule has 0 radical (unpaired) electrons. The number of ether oxygens (including phenoxy) is 2. The highest BCUT2D eigenvalue weighted by atomic mass is 35.5. The van der Waals surface area contributed by atoms with Gasteiger partial charge in [0.2, 0.25) is 0 Å². The molecule has 23 heavy (non-hydrogen) atoms. The van der Waals surface area contributed by atoms with E-state index in [1.54, 1.807) is 24.3 Å². The lowest BCUT2D eigenvalue weighted by Crippen LogP contribution is -2.11.